The largest absolute Gasteiger partial charge is 0.370 e. The Morgan fingerprint density at radius 1 is 0.914 bits per heavy atom. The Morgan fingerprint density at radius 2 is 1.31 bits per heavy atom. The van der Waals surface area contributed by atoms with Crippen LogP contribution in [0.5, 0.6) is 0 Å². The fraction of sp³-hybridized carbons (Fsp3) is 0.174. The second-order valence-electron chi connectivity index (χ2n) is 7.21. The van der Waals surface area contributed by atoms with Crippen molar-refractivity contribution in [3.05, 3.63) is 103 Å². The van der Waals surface area contributed by atoms with E-state index in [1.54, 1.807) is 38.1 Å². The molecule has 2 rings (SSSR count). The Morgan fingerprint density at radius 3 is 1.66 bits per heavy atom. The summed E-state index contributed by atoms with van der Waals surface area (Å²) in [7, 11) is 0. The Kier molecular flexibility index (Phi) is 10.4. The number of halogens is 1. The number of nitro benzene ring substituents is 2. The molecular weight excluding hydrogens is 478 g/mol. The first-order valence-corrected chi connectivity index (χ1v) is 10.3. The molecule has 35 heavy (non-hydrogen) atoms. The Hall–Kier alpha value is -4.38. The first kappa shape index (κ1) is 28.7. The number of amides is 1. The first-order chi connectivity index (χ1) is 16.3. The summed E-state index contributed by atoms with van der Waals surface area (Å²) >= 11 is 5.33. The highest BCUT2D eigenvalue weighted by atomic mass is 35.5. The number of carbonyl (C=O) groups excluding carboxylic acids is 2. The second kappa shape index (κ2) is 12.8. The van der Waals surface area contributed by atoms with Gasteiger partial charge in [-0.3, -0.25) is 29.8 Å². The molecule has 184 valence electrons. The van der Waals surface area contributed by atoms with Crippen LogP contribution in [-0.4, -0.2) is 27.0 Å². The number of rotatable bonds is 8. The molecule has 0 aliphatic heterocycles. The zero-order chi connectivity index (χ0) is 26.9. The smallest absolute Gasteiger partial charge is 0.280 e. The lowest BCUT2D eigenvalue weighted by Crippen LogP contribution is -2.24. The molecule has 2 aromatic carbocycles. The number of benzene rings is 2. The number of aryl methyl sites for hydroxylation is 2. The minimum absolute atomic E-state index is 0.102. The van der Waals surface area contributed by atoms with Gasteiger partial charge in [0.05, 0.1) is 15.4 Å². The van der Waals surface area contributed by atoms with Crippen LogP contribution in [0.25, 0.3) is 0 Å². The maximum Gasteiger partial charge on any atom is 0.280 e. The number of aliphatic imine (C=N–C) groups is 1. The number of hydrogen-bond donors (Lipinski definition) is 2. The minimum Gasteiger partial charge on any atom is -0.370 e. The molecule has 0 unspecified atom stereocenters. The van der Waals surface area contributed by atoms with E-state index in [0.717, 1.165) is 0 Å². The van der Waals surface area contributed by atoms with Crippen molar-refractivity contribution in [2.45, 2.75) is 26.7 Å². The molecule has 0 fully saturated rings. The molecule has 0 aliphatic rings. The predicted octanol–water partition coefficient (Wildman–Crippen LogP) is 4.06. The lowest BCUT2D eigenvalue weighted by atomic mass is 10.0. The molecule has 0 aromatic heterocycles. The van der Waals surface area contributed by atoms with Gasteiger partial charge in [-0.05, 0) is 61.5 Å². The van der Waals surface area contributed by atoms with Gasteiger partial charge in [-0.15, -0.1) is 13.2 Å². The van der Waals surface area contributed by atoms with E-state index in [-0.39, 0.29) is 28.5 Å². The van der Waals surface area contributed by atoms with Crippen molar-refractivity contribution in [3.63, 3.8) is 0 Å². The van der Waals surface area contributed by atoms with Crippen LogP contribution in [0.15, 0.2) is 54.6 Å². The summed E-state index contributed by atoms with van der Waals surface area (Å²) in [4.78, 5) is 46.8. The van der Waals surface area contributed by atoms with Crippen molar-refractivity contribution in [3.8, 4) is 0 Å². The molecule has 0 saturated carbocycles. The average molecular weight is 502 g/mol. The van der Waals surface area contributed by atoms with E-state index in [4.69, 9.17) is 23.1 Å². The molecule has 4 N–H and O–H groups in total. The van der Waals surface area contributed by atoms with Gasteiger partial charge in [0, 0.05) is 28.8 Å². The summed E-state index contributed by atoms with van der Waals surface area (Å²) in [5, 5.41) is 21.1. The maximum absolute atomic E-state index is 11.7. The normalized spacial score (nSPS) is 9.80. The predicted molar refractivity (Wildman–Crippen MR) is 134 cm³/mol. The average Bonchev–Trinajstić information content (AvgIpc) is 2.73. The van der Waals surface area contributed by atoms with Gasteiger partial charge >= 0.3 is 0 Å². The van der Waals surface area contributed by atoms with Crippen LogP contribution < -0.4 is 11.5 Å². The van der Waals surface area contributed by atoms with E-state index in [2.05, 4.69) is 18.2 Å². The number of hydrogen-bond acceptors (Lipinski definition) is 6. The lowest BCUT2D eigenvalue weighted by Gasteiger charge is -2.06. The molecule has 0 aliphatic carbocycles. The molecule has 0 heterocycles. The second-order valence-corrected chi connectivity index (χ2v) is 7.55. The number of allylic oxidation sites excluding steroid dienone is 2. The Bertz CT molecular complexity index is 1240. The molecule has 0 spiro atoms. The van der Waals surface area contributed by atoms with Crippen molar-refractivity contribution in [2.75, 3.05) is 0 Å². The maximum atomic E-state index is 11.7. The number of guanidine groups is 1. The monoisotopic (exact) mass is 501 g/mol. The summed E-state index contributed by atoms with van der Waals surface area (Å²) in [5.74, 6) is -1.09. The summed E-state index contributed by atoms with van der Waals surface area (Å²) < 4.78 is 0. The van der Waals surface area contributed by atoms with Crippen LogP contribution >= 0.6 is 11.6 Å². The molecule has 2 aromatic rings. The van der Waals surface area contributed by atoms with Gasteiger partial charge in [-0.25, -0.2) is 0 Å². The standard InChI is InChI=1S/C12H14N4O3.C11H10ClNO3/c1-3-4-8-5-7(2)9(6-10(8)16(18)19)11(17)15-12(13)14;1-3-4-8-5-7(2)9(11(12)14)6-10(8)13(15)16/h3,5-6H,1,4H2,2H3,(H4,13,14,15,17);3,5-6H,1,4H2,2H3. The van der Waals surface area contributed by atoms with Crippen LogP contribution in [0.4, 0.5) is 11.4 Å². The zero-order valence-electron chi connectivity index (χ0n) is 19.1. The van der Waals surface area contributed by atoms with Crippen molar-refractivity contribution in [1.29, 1.82) is 0 Å². The number of carbonyl (C=O) groups is 2. The van der Waals surface area contributed by atoms with Crippen molar-refractivity contribution in [2.24, 2.45) is 16.5 Å². The SMILES string of the molecule is C=CCc1cc(C)c(C(=O)Cl)cc1[N+](=O)[O-].C=CCc1cc(C)c(C(=O)N=C(N)N)cc1[N+](=O)[O-]. The summed E-state index contributed by atoms with van der Waals surface area (Å²) in [6.45, 7) is 10.4. The van der Waals surface area contributed by atoms with Gasteiger partial charge in [-0.1, -0.05) is 12.2 Å². The third kappa shape index (κ3) is 7.86. The van der Waals surface area contributed by atoms with Gasteiger partial charge in [0.25, 0.3) is 22.5 Å². The van der Waals surface area contributed by atoms with E-state index >= 15 is 0 Å². The first-order valence-electron chi connectivity index (χ1n) is 9.95. The quantitative estimate of drug-likeness (QED) is 0.135. The highest BCUT2D eigenvalue weighted by Crippen LogP contribution is 2.26. The summed E-state index contributed by atoms with van der Waals surface area (Å²) in [6, 6.07) is 5.55. The third-order valence-corrected chi connectivity index (χ3v) is 4.85. The van der Waals surface area contributed by atoms with Gasteiger partial charge in [0.2, 0.25) is 0 Å². The molecule has 0 atom stereocenters. The fourth-order valence-corrected chi connectivity index (χ4v) is 3.31. The van der Waals surface area contributed by atoms with Gasteiger partial charge in [0.1, 0.15) is 0 Å². The van der Waals surface area contributed by atoms with Crippen molar-refractivity contribution < 1.29 is 19.4 Å². The molecule has 0 radical (unpaired) electrons. The van der Waals surface area contributed by atoms with E-state index in [1.807, 2.05) is 0 Å². The van der Waals surface area contributed by atoms with Crippen molar-refractivity contribution >= 4 is 40.1 Å². The van der Waals surface area contributed by atoms with E-state index < -0.39 is 21.0 Å². The Balaban J connectivity index is 0.000000355. The summed E-state index contributed by atoms with van der Waals surface area (Å²) in [5.41, 5.74) is 12.5. The van der Waals surface area contributed by atoms with Gasteiger partial charge < -0.3 is 11.5 Å². The van der Waals surface area contributed by atoms with Crippen molar-refractivity contribution in [1.82, 2.24) is 0 Å². The molecule has 11 nitrogen and oxygen atoms in total. The number of nitro groups is 2. The van der Waals surface area contributed by atoms with Gasteiger partial charge in [-0.2, -0.15) is 4.99 Å². The van der Waals surface area contributed by atoms with E-state index in [1.165, 1.54) is 12.1 Å². The minimum atomic E-state index is -0.703. The number of nitrogens with zero attached hydrogens (tertiary/aromatic N) is 3. The van der Waals surface area contributed by atoms with Crippen LogP contribution in [0.3, 0.4) is 0 Å². The third-order valence-electron chi connectivity index (χ3n) is 4.65. The highest BCUT2D eigenvalue weighted by molar-refractivity contribution is 6.68. The lowest BCUT2D eigenvalue weighted by molar-refractivity contribution is -0.385. The molecule has 1 amide bonds. The highest BCUT2D eigenvalue weighted by Gasteiger charge is 2.20. The van der Waals surface area contributed by atoms with E-state index in [9.17, 15) is 29.8 Å². The molecule has 0 saturated heterocycles. The molecule has 0 bridgehead atoms. The van der Waals surface area contributed by atoms with Crippen LogP contribution in [0.2, 0.25) is 0 Å². The number of nitrogens with two attached hydrogens (primary N) is 2. The fourth-order valence-electron chi connectivity index (χ4n) is 3.11. The van der Waals surface area contributed by atoms with E-state index in [0.29, 0.717) is 35.1 Å². The Labute approximate surface area is 206 Å². The van der Waals surface area contributed by atoms with Crippen LogP contribution in [0.1, 0.15) is 43.0 Å². The van der Waals surface area contributed by atoms with Crippen LogP contribution in [-0.2, 0) is 12.8 Å². The topological polar surface area (TPSA) is 185 Å². The van der Waals surface area contributed by atoms with Gasteiger partial charge in [0.15, 0.2) is 5.96 Å². The van der Waals surface area contributed by atoms with Crippen LogP contribution in [0, 0.1) is 34.1 Å². The molecular formula is C23H24ClN5O6. The zero-order valence-corrected chi connectivity index (χ0v) is 19.9. The summed E-state index contributed by atoms with van der Waals surface area (Å²) in [6.07, 6.45) is 3.85. The molecule has 12 heteroatoms.